The Morgan fingerprint density at radius 1 is 1.35 bits per heavy atom. The van der Waals surface area contributed by atoms with Gasteiger partial charge in [0.2, 0.25) is 0 Å². The molecule has 0 atom stereocenters. The zero-order valence-corrected chi connectivity index (χ0v) is 10.8. The average molecular weight is 264 g/mol. The van der Waals surface area contributed by atoms with Gasteiger partial charge >= 0.3 is 0 Å². The fourth-order valence-electron chi connectivity index (χ4n) is 1.91. The molecule has 0 radical (unpaired) electrons. The molecule has 0 aliphatic heterocycles. The van der Waals surface area contributed by atoms with Crippen LogP contribution in [0.2, 0.25) is 4.47 Å². The molecule has 1 aromatic carbocycles. The molecule has 17 heavy (non-hydrogen) atoms. The van der Waals surface area contributed by atoms with Crippen LogP contribution in [0.5, 0.6) is 0 Å². The molecule has 0 fully saturated rings. The highest BCUT2D eigenvalue weighted by atomic mass is 35.5. The summed E-state index contributed by atoms with van der Waals surface area (Å²) in [6.07, 6.45) is 1.82. The minimum Gasteiger partial charge on any atom is -0.323 e. The molecule has 0 aliphatic carbocycles. The number of hydrogen-bond acceptors (Lipinski definition) is 3. The first-order chi connectivity index (χ1) is 8.24. The Morgan fingerprint density at radius 3 is 2.94 bits per heavy atom. The lowest BCUT2D eigenvalue weighted by Gasteiger charge is -2.03. The van der Waals surface area contributed by atoms with E-state index in [0.717, 1.165) is 28.3 Å². The number of imidazole rings is 1. The summed E-state index contributed by atoms with van der Waals surface area (Å²) >= 11 is 7.35. The Morgan fingerprint density at radius 2 is 2.18 bits per heavy atom. The molecule has 0 saturated heterocycles. The van der Waals surface area contributed by atoms with Gasteiger partial charge in [0.05, 0.1) is 17.6 Å². The van der Waals surface area contributed by atoms with Crippen molar-refractivity contribution in [3.63, 3.8) is 0 Å². The van der Waals surface area contributed by atoms with Crippen molar-refractivity contribution in [3.8, 4) is 0 Å². The Balaban J connectivity index is 2.08. The Kier molecular flexibility index (Phi) is 2.61. The van der Waals surface area contributed by atoms with Gasteiger partial charge in [0.1, 0.15) is 5.82 Å². The quantitative estimate of drug-likeness (QED) is 0.708. The van der Waals surface area contributed by atoms with Crippen molar-refractivity contribution >= 4 is 34.0 Å². The predicted molar refractivity (Wildman–Crippen MR) is 70.7 cm³/mol. The van der Waals surface area contributed by atoms with Gasteiger partial charge in [-0.25, -0.2) is 9.97 Å². The monoisotopic (exact) mass is 263 g/mol. The van der Waals surface area contributed by atoms with Gasteiger partial charge in [0, 0.05) is 11.1 Å². The maximum atomic E-state index is 5.84. The van der Waals surface area contributed by atoms with Crippen molar-refractivity contribution in [2.24, 2.45) is 0 Å². The number of halogens is 1. The van der Waals surface area contributed by atoms with E-state index in [1.54, 1.807) is 0 Å². The number of thiazole rings is 1. The van der Waals surface area contributed by atoms with Crippen LogP contribution in [0.3, 0.4) is 0 Å². The third kappa shape index (κ3) is 1.94. The second-order valence-electron chi connectivity index (χ2n) is 3.81. The van der Waals surface area contributed by atoms with E-state index in [9.17, 15) is 0 Å². The summed E-state index contributed by atoms with van der Waals surface area (Å²) in [7, 11) is 0. The molecule has 0 saturated carbocycles. The second kappa shape index (κ2) is 4.13. The summed E-state index contributed by atoms with van der Waals surface area (Å²) in [5.41, 5.74) is 2.18. The summed E-state index contributed by atoms with van der Waals surface area (Å²) in [4.78, 5) is 9.73. The highest BCUT2D eigenvalue weighted by molar-refractivity contribution is 7.15. The standard InChI is InChI=1S/C12H10ClN3S/c1-8-15-10-4-2-3-5-11(10)16(8)7-9-6-14-12(13)17-9/h2-6H,7H2,1H3. The van der Waals surface area contributed by atoms with Gasteiger partial charge < -0.3 is 4.57 Å². The lowest BCUT2D eigenvalue weighted by Crippen LogP contribution is -2.00. The number of nitrogens with zero attached hydrogens (tertiary/aromatic N) is 3. The van der Waals surface area contributed by atoms with E-state index in [1.807, 2.05) is 31.3 Å². The zero-order chi connectivity index (χ0) is 11.8. The van der Waals surface area contributed by atoms with Crippen LogP contribution in [0, 0.1) is 6.92 Å². The summed E-state index contributed by atoms with van der Waals surface area (Å²) in [6.45, 7) is 2.79. The molecular weight excluding hydrogens is 254 g/mol. The molecule has 2 aromatic heterocycles. The van der Waals surface area contributed by atoms with Crippen LogP contribution >= 0.6 is 22.9 Å². The lowest BCUT2D eigenvalue weighted by atomic mass is 10.3. The van der Waals surface area contributed by atoms with Crippen LogP contribution in [0.25, 0.3) is 11.0 Å². The minimum atomic E-state index is 0.585. The van der Waals surface area contributed by atoms with E-state index < -0.39 is 0 Å². The third-order valence-corrected chi connectivity index (χ3v) is 3.78. The van der Waals surface area contributed by atoms with Crippen LogP contribution in [0.1, 0.15) is 10.7 Å². The predicted octanol–water partition coefficient (Wildman–Crippen LogP) is 3.50. The van der Waals surface area contributed by atoms with Gasteiger partial charge in [-0.3, -0.25) is 0 Å². The van der Waals surface area contributed by atoms with Gasteiger partial charge in [-0.1, -0.05) is 23.7 Å². The molecule has 0 bridgehead atoms. The smallest absolute Gasteiger partial charge is 0.183 e. The normalized spacial score (nSPS) is 11.2. The Bertz CT molecular complexity index is 671. The number of benzene rings is 1. The fourth-order valence-corrected chi connectivity index (χ4v) is 2.88. The minimum absolute atomic E-state index is 0.585. The van der Waals surface area contributed by atoms with Crippen LogP contribution in [0.4, 0.5) is 0 Å². The summed E-state index contributed by atoms with van der Waals surface area (Å²) in [5.74, 6) is 1.01. The number of hydrogen-bond donors (Lipinski definition) is 0. The number of aryl methyl sites for hydroxylation is 1. The molecule has 0 spiro atoms. The zero-order valence-electron chi connectivity index (χ0n) is 9.22. The van der Waals surface area contributed by atoms with Crippen molar-refractivity contribution in [2.75, 3.05) is 0 Å². The van der Waals surface area contributed by atoms with E-state index >= 15 is 0 Å². The first-order valence-electron chi connectivity index (χ1n) is 5.26. The molecule has 3 nitrogen and oxygen atoms in total. The molecule has 0 amide bonds. The number of fused-ring (bicyclic) bond motifs is 1. The lowest BCUT2D eigenvalue weighted by molar-refractivity contribution is 0.795. The SMILES string of the molecule is Cc1nc2ccccc2n1Cc1cnc(Cl)s1. The number of para-hydroxylation sites is 2. The molecular formula is C12H10ClN3S. The van der Waals surface area contributed by atoms with E-state index in [2.05, 4.69) is 20.6 Å². The highest BCUT2D eigenvalue weighted by Crippen LogP contribution is 2.22. The number of aromatic nitrogens is 3. The maximum Gasteiger partial charge on any atom is 0.183 e. The summed E-state index contributed by atoms with van der Waals surface area (Å²) in [6, 6.07) is 8.14. The van der Waals surface area contributed by atoms with Crippen molar-refractivity contribution < 1.29 is 0 Å². The van der Waals surface area contributed by atoms with Crippen molar-refractivity contribution in [3.05, 3.63) is 45.6 Å². The first-order valence-corrected chi connectivity index (χ1v) is 6.45. The average Bonchev–Trinajstić information content (AvgIpc) is 2.85. The van der Waals surface area contributed by atoms with Crippen LogP contribution < -0.4 is 0 Å². The van der Waals surface area contributed by atoms with Crippen LogP contribution in [0.15, 0.2) is 30.5 Å². The van der Waals surface area contributed by atoms with Gasteiger partial charge in [0.15, 0.2) is 4.47 Å². The maximum absolute atomic E-state index is 5.84. The van der Waals surface area contributed by atoms with Gasteiger partial charge in [-0.05, 0) is 19.1 Å². The Labute approximate surface area is 108 Å². The molecule has 3 rings (SSSR count). The molecule has 86 valence electrons. The summed E-state index contributed by atoms with van der Waals surface area (Å²) in [5, 5.41) is 0. The second-order valence-corrected chi connectivity index (χ2v) is 5.51. The molecule has 0 aliphatic rings. The van der Waals surface area contributed by atoms with Gasteiger partial charge in [0.25, 0.3) is 0 Å². The fraction of sp³-hybridized carbons (Fsp3) is 0.167. The van der Waals surface area contributed by atoms with Crippen molar-refractivity contribution in [1.82, 2.24) is 14.5 Å². The highest BCUT2D eigenvalue weighted by Gasteiger charge is 2.08. The van der Waals surface area contributed by atoms with E-state index in [0.29, 0.717) is 4.47 Å². The molecule has 5 heteroatoms. The van der Waals surface area contributed by atoms with Gasteiger partial charge in [-0.2, -0.15) is 0 Å². The molecule has 3 aromatic rings. The number of rotatable bonds is 2. The van der Waals surface area contributed by atoms with Gasteiger partial charge in [-0.15, -0.1) is 11.3 Å². The van der Waals surface area contributed by atoms with E-state index in [-0.39, 0.29) is 0 Å². The van der Waals surface area contributed by atoms with E-state index in [1.165, 1.54) is 11.3 Å². The van der Waals surface area contributed by atoms with Crippen molar-refractivity contribution in [2.45, 2.75) is 13.5 Å². The first kappa shape index (κ1) is 10.7. The molecule has 0 N–H and O–H groups in total. The molecule has 0 unspecified atom stereocenters. The van der Waals surface area contributed by atoms with Crippen LogP contribution in [-0.4, -0.2) is 14.5 Å². The molecule has 2 heterocycles. The topological polar surface area (TPSA) is 30.7 Å². The third-order valence-electron chi connectivity index (χ3n) is 2.68. The summed E-state index contributed by atoms with van der Waals surface area (Å²) < 4.78 is 2.76. The largest absolute Gasteiger partial charge is 0.323 e. The van der Waals surface area contributed by atoms with Crippen molar-refractivity contribution in [1.29, 1.82) is 0 Å². The van der Waals surface area contributed by atoms with E-state index in [4.69, 9.17) is 11.6 Å². The van der Waals surface area contributed by atoms with Crippen LogP contribution in [-0.2, 0) is 6.54 Å². The Hall–Kier alpha value is -1.39.